The normalized spacial score (nSPS) is 13.3. The summed E-state index contributed by atoms with van der Waals surface area (Å²) in [5, 5.41) is 0. The van der Waals surface area contributed by atoms with Crippen molar-refractivity contribution in [2.24, 2.45) is 0 Å². The van der Waals surface area contributed by atoms with E-state index in [-0.39, 0.29) is 46.6 Å². The Morgan fingerprint density at radius 2 is 0.714 bits per heavy atom. The van der Waals surface area contributed by atoms with Gasteiger partial charge in [-0.1, -0.05) is 0 Å². The average Bonchev–Trinajstić information content (AvgIpc) is 1.54. The first-order chi connectivity index (χ1) is 5.20. The van der Waals surface area contributed by atoms with Gasteiger partial charge >= 0.3 is 46.6 Å². The van der Waals surface area contributed by atoms with Crippen LogP contribution in [0.15, 0.2) is 0 Å². The molecule has 0 bridgehead atoms. The number of hydrogen-bond acceptors (Lipinski definition) is 6. The van der Waals surface area contributed by atoms with Gasteiger partial charge in [-0.25, -0.2) is 12.6 Å². The van der Waals surface area contributed by atoms with E-state index in [0.717, 1.165) is 0 Å². The fourth-order valence-electron chi connectivity index (χ4n) is 0. The van der Waals surface area contributed by atoms with E-state index in [0.29, 0.717) is 0 Å². The van der Waals surface area contributed by atoms with Gasteiger partial charge in [-0.05, 0) is 0 Å². The van der Waals surface area contributed by atoms with Crippen LogP contribution in [-0.2, 0) is 51.2 Å². The zero-order chi connectivity index (χ0) is 10.7. The second kappa shape index (κ2) is 24.1. The first-order valence-corrected chi connectivity index (χ1v) is 4.64. The van der Waals surface area contributed by atoms with Crippen molar-refractivity contribution in [3.8, 4) is 0 Å². The van der Waals surface area contributed by atoms with Crippen molar-refractivity contribution < 1.29 is 57.0 Å². The molecule has 0 fully saturated rings. The van der Waals surface area contributed by atoms with Gasteiger partial charge in [0.25, 0.3) is 0 Å². The molecule has 3 atom stereocenters. The van der Waals surface area contributed by atoms with E-state index in [1.54, 1.807) is 0 Å². The van der Waals surface area contributed by atoms with Crippen LogP contribution in [0.3, 0.4) is 0 Å². The first kappa shape index (κ1) is 29.6. The van der Waals surface area contributed by atoms with E-state index < -0.39 is 34.1 Å². The first-order valence-electron chi connectivity index (χ1n) is 1.55. The molecule has 0 aliphatic carbocycles. The fraction of sp³-hybridized carbons (Fsp3) is 0. The molecule has 0 aromatic heterocycles. The summed E-state index contributed by atoms with van der Waals surface area (Å²) in [6.07, 6.45) is 0. The molecule has 0 aromatic rings. The second-order valence-electron chi connectivity index (χ2n) is 0.651. The van der Waals surface area contributed by atoms with Crippen LogP contribution >= 0.6 is 0 Å². The maximum absolute atomic E-state index is 8.56. The summed E-state index contributed by atoms with van der Waals surface area (Å²) >= 11 is -8.58. The Hall–Kier alpha value is 1.73. The zero-order valence-corrected chi connectivity index (χ0v) is 8.92. The third kappa shape index (κ3) is 744. The number of hydrogen-bond donors (Lipinski definition) is 3. The molecule has 14 heteroatoms. The predicted molar refractivity (Wildman–Crippen MR) is 41.8 cm³/mol. The third-order valence-corrected chi connectivity index (χ3v) is 0. The van der Waals surface area contributed by atoms with Crippen molar-refractivity contribution in [1.29, 1.82) is 0 Å². The quantitative estimate of drug-likeness (QED) is 0.317. The van der Waals surface area contributed by atoms with Gasteiger partial charge in [0.1, 0.15) is 0 Å². The predicted octanol–water partition coefficient (Wildman–Crippen LogP) is -2.64. The number of rotatable bonds is 0. The standard InChI is InChI=1S/Fe.Na.3H2O3S.H/c;;3*1-4(2)3;/h;;3*(H2,1,2,3);/q+3;;;;;/p-3. The van der Waals surface area contributed by atoms with E-state index in [1.165, 1.54) is 0 Å². The molecule has 0 aromatic carbocycles. The van der Waals surface area contributed by atoms with Crippen LogP contribution in [-0.4, -0.2) is 69.5 Å². The molecule has 0 rings (SSSR count). The van der Waals surface area contributed by atoms with Crippen molar-refractivity contribution >= 4 is 63.6 Å². The van der Waals surface area contributed by atoms with Crippen LogP contribution in [0.4, 0.5) is 0 Å². The zero-order valence-electron chi connectivity index (χ0n) is 5.37. The molecule has 9 nitrogen and oxygen atoms in total. The summed E-state index contributed by atoms with van der Waals surface area (Å²) in [7, 11) is 0. The minimum absolute atomic E-state index is 0. The summed E-state index contributed by atoms with van der Waals surface area (Å²) in [5.74, 6) is 0. The van der Waals surface area contributed by atoms with Crippen LogP contribution in [0.2, 0.25) is 0 Å². The van der Waals surface area contributed by atoms with Crippen LogP contribution in [0, 0.1) is 0 Å². The van der Waals surface area contributed by atoms with Crippen molar-refractivity contribution in [2.45, 2.75) is 0 Å². The SMILES string of the molecule is O=S([O-])O.O=S([O-])O.O=S([O-])O.[Fe+3].[NaH]. The molecule has 1 radical (unpaired) electrons. The summed E-state index contributed by atoms with van der Waals surface area (Å²) in [6, 6.07) is 0. The summed E-state index contributed by atoms with van der Waals surface area (Å²) < 4.78 is 72.2. The van der Waals surface area contributed by atoms with Crippen LogP contribution in [0.5, 0.6) is 0 Å². The summed E-state index contributed by atoms with van der Waals surface area (Å²) in [5.41, 5.74) is 0. The average molecular weight is 323 g/mol. The molecule has 85 valence electrons. The van der Waals surface area contributed by atoms with Gasteiger partial charge in [-0.15, -0.1) is 0 Å². The summed E-state index contributed by atoms with van der Waals surface area (Å²) in [6.45, 7) is 0. The minimum atomic E-state index is -2.86. The Labute approximate surface area is 120 Å². The van der Waals surface area contributed by atoms with E-state index in [2.05, 4.69) is 0 Å². The monoisotopic (exact) mass is 323 g/mol. The van der Waals surface area contributed by atoms with Crippen molar-refractivity contribution in [3.05, 3.63) is 0 Å². The Morgan fingerprint density at radius 1 is 0.714 bits per heavy atom. The molecule has 0 spiro atoms. The van der Waals surface area contributed by atoms with Gasteiger partial charge in [-0.2, -0.15) is 0 Å². The van der Waals surface area contributed by atoms with Gasteiger partial charge < -0.3 is 27.3 Å². The van der Waals surface area contributed by atoms with Gasteiger partial charge in [0, 0.05) is 0 Å². The Morgan fingerprint density at radius 3 is 0.714 bits per heavy atom. The molecule has 3 unspecified atom stereocenters. The van der Waals surface area contributed by atoms with Crippen molar-refractivity contribution in [3.63, 3.8) is 0 Å². The molecule has 0 aliphatic heterocycles. The fourth-order valence-corrected chi connectivity index (χ4v) is 0. The van der Waals surface area contributed by atoms with Crippen molar-refractivity contribution in [2.75, 3.05) is 0 Å². The molecule has 0 saturated carbocycles. The molecule has 0 saturated heterocycles. The van der Waals surface area contributed by atoms with E-state index in [1.807, 2.05) is 0 Å². The molecular weight excluding hydrogens is 319 g/mol. The Balaban J connectivity index is -0.0000000270. The van der Waals surface area contributed by atoms with Crippen LogP contribution < -0.4 is 0 Å². The molecule has 0 heterocycles. The molecule has 14 heavy (non-hydrogen) atoms. The van der Waals surface area contributed by atoms with Gasteiger partial charge in [0.2, 0.25) is 0 Å². The maximum atomic E-state index is 8.56. The van der Waals surface area contributed by atoms with E-state index in [4.69, 9.17) is 39.9 Å². The Kier molecular flexibility index (Phi) is 51.1. The molecule has 0 amide bonds. The second-order valence-corrected chi connectivity index (χ2v) is 1.95. The van der Waals surface area contributed by atoms with Gasteiger partial charge in [0.05, 0.1) is 34.1 Å². The van der Waals surface area contributed by atoms with Gasteiger partial charge in [-0.3, -0.25) is 0 Å². The molecule has 3 N–H and O–H groups in total. The summed E-state index contributed by atoms with van der Waals surface area (Å²) in [4.78, 5) is 0. The van der Waals surface area contributed by atoms with E-state index >= 15 is 0 Å². The molecule has 0 aliphatic rings. The van der Waals surface area contributed by atoms with Gasteiger partial charge in [0.15, 0.2) is 0 Å². The molecular formula is H4FeNaO9S3. The van der Waals surface area contributed by atoms with Crippen LogP contribution in [0.25, 0.3) is 0 Å². The van der Waals surface area contributed by atoms with Crippen LogP contribution in [0.1, 0.15) is 0 Å². The van der Waals surface area contributed by atoms with E-state index in [9.17, 15) is 0 Å². The third-order valence-electron chi connectivity index (χ3n) is 0. The topological polar surface area (TPSA) is 181 Å². The Bertz CT molecular complexity index is 118. The van der Waals surface area contributed by atoms with Crippen molar-refractivity contribution in [1.82, 2.24) is 0 Å².